The monoisotopic (exact) mass is 342 g/mol. The Kier molecular flexibility index (Phi) is 6.52. The van der Waals surface area contributed by atoms with Crippen LogP contribution in [0, 0.1) is 13.8 Å². The van der Waals surface area contributed by atoms with Crippen molar-refractivity contribution in [2.75, 3.05) is 31.1 Å². The molecule has 1 aromatic rings. The molecule has 0 bridgehead atoms. The third kappa shape index (κ3) is 5.14. The maximum Gasteiger partial charge on any atom is 0.191 e. The second-order valence-corrected chi connectivity index (χ2v) is 8.04. The van der Waals surface area contributed by atoms with Gasteiger partial charge in [-0.1, -0.05) is 0 Å². The van der Waals surface area contributed by atoms with Gasteiger partial charge in [-0.25, -0.2) is 4.98 Å². The third-order valence-corrected chi connectivity index (χ3v) is 6.03. The van der Waals surface area contributed by atoms with Crippen molar-refractivity contribution in [3.63, 3.8) is 0 Å². The minimum atomic E-state index is -0.628. The topological polar surface area (TPSA) is 69.5 Å². The number of nitrogens with zero attached hydrogens (tertiary/aromatic N) is 2. The molecule has 1 saturated heterocycles. The Morgan fingerprint density at radius 1 is 1.41 bits per heavy atom. The van der Waals surface area contributed by atoms with Crippen LogP contribution in [-0.4, -0.2) is 52.8 Å². The van der Waals surface area contributed by atoms with Crippen molar-refractivity contribution in [2.24, 2.45) is 4.99 Å². The largest absolute Gasteiger partial charge is 0.387 e. The molecule has 7 heteroatoms. The number of hydrogen-bond donors (Lipinski definition) is 3. The minimum Gasteiger partial charge on any atom is -0.387 e. The van der Waals surface area contributed by atoms with E-state index in [1.54, 1.807) is 23.1 Å². The average Bonchev–Trinajstić information content (AvgIpc) is 3.04. The van der Waals surface area contributed by atoms with Crippen molar-refractivity contribution < 1.29 is 5.11 Å². The maximum absolute atomic E-state index is 10.4. The highest BCUT2D eigenvalue weighted by molar-refractivity contribution is 7.99. The van der Waals surface area contributed by atoms with Gasteiger partial charge in [0, 0.05) is 30.1 Å². The fourth-order valence-electron chi connectivity index (χ4n) is 2.22. The van der Waals surface area contributed by atoms with Crippen LogP contribution in [0.1, 0.15) is 28.9 Å². The molecule has 124 valence electrons. The summed E-state index contributed by atoms with van der Waals surface area (Å²) in [7, 11) is 0. The van der Waals surface area contributed by atoms with Gasteiger partial charge in [0.25, 0.3) is 0 Å². The Labute approximate surface area is 141 Å². The van der Waals surface area contributed by atoms with Crippen molar-refractivity contribution in [3.8, 4) is 0 Å². The van der Waals surface area contributed by atoms with Crippen LogP contribution in [-0.2, 0) is 6.42 Å². The fourth-order valence-corrected chi connectivity index (χ4v) is 4.44. The highest BCUT2D eigenvalue weighted by Crippen LogP contribution is 2.27. The second-order valence-electron chi connectivity index (χ2n) is 5.65. The molecule has 0 radical (unpaired) electrons. The lowest BCUT2D eigenvalue weighted by atomic mass is 10.1. The molecule has 1 aliphatic heterocycles. The molecule has 1 aliphatic rings. The van der Waals surface area contributed by atoms with Gasteiger partial charge in [0.15, 0.2) is 5.96 Å². The SMILES string of the molecule is CCNC(=NCC1(O)CCSC1)NCCc1nc(C)c(C)s1. The number of hydrogen-bond acceptors (Lipinski definition) is 5. The smallest absolute Gasteiger partial charge is 0.191 e. The van der Waals surface area contributed by atoms with E-state index in [0.717, 1.165) is 54.1 Å². The first-order chi connectivity index (χ1) is 10.5. The summed E-state index contributed by atoms with van der Waals surface area (Å²) in [6.07, 6.45) is 1.72. The molecule has 5 nitrogen and oxygen atoms in total. The van der Waals surface area contributed by atoms with Crippen molar-refractivity contribution in [2.45, 2.75) is 39.2 Å². The molecule has 0 amide bonds. The standard InChI is InChI=1S/C15H26N4OS2/c1-4-16-14(18-9-15(20)6-8-21-10-15)17-7-5-13-19-11(2)12(3)22-13/h20H,4-10H2,1-3H3,(H2,16,17,18). The van der Waals surface area contributed by atoms with Crippen LogP contribution in [0.4, 0.5) is 0 Å². The molecule has 0 aromatic carbocycles. The quantitative estimate of drug-likeness (QED) is 0.542. The summed E-state index contributed by atoms with van der Waals surface area (Å²) >= 11 is 3.56. The van der Waals surface area contributed by atoms with Crippen LogP contribution in [0.15, 0.2) is 4.99 Å². The number of nitrogens with one attached hydrogen (secondary N) is 2. The Morgan fingerprint density at radius 3 is 2.82 bits per heavy atom. The molecule has 2 rings (SSSR count). The number of aryl methyl sites for hydroxylation is 2. The molecule has 22 heavy (non-hydrogen) atoms. The molecule has 1 atom stereocenters. The van der Waals surface area contributed by atoms with Gasteiger partial charge >= 0.3 is 0 Å². The fraction of sp³-hybridized carbons (Fsp3) is 0.733. The van der Waals surface area contributed by atoms with E-state index in [0.29, 0.717) is 6.54 Å². The normalized spacial score (nSPS) is 22.1. The number of rotatable bonds is 6. The van der Waals surface area contributed by atoms with Crippen molar-refractivity contribution in [3.05, 3.63) is 15.6 Å². The average molecular weight is 343 g/mol. The van der Waals surface area contributed by atoms with Crippen LogP contribution < -0.4 is 10.6 Å². The second kappa shape index (κ2) is 8.17. The summed E-state index contributed by atoms with van der Waals surface area (Å²) in [6.45, 7) is 8.28. The molecule has 2 heterocycles. The number of aromatic nitrogens is 1. The van der Waals surface area contributed by atoms with Gasteiger partial charge in [-0.2, -0.15) is 11.8 Å². The molecule has 0 saturated carbocycles. The third-order valence-electron chi connectivity index (χ3n) is 3.66. The lowest BCUT2D eigenvalue weighted by Crippen LogP contribution is -2.40. The summed E-state index contributed by atoms with van der Waals surface area (Å²) in [6, 6.07) is 0. The van der Waals surface area contributed by atoms with Gasteiger partial charge in [-0.3, -0.25) is 4.99 Å². The van der Waals surface area contributed by atoms with Crippen LogP contribution in [0.3, 0.4) is 0 Å². The number of guanidine groups is 1. The lowest BCUT2D eigenvalue weighted by Gasteiger charge is -2.19. The zero-order chi connectivity index (χ0) is 16.0. The molecule has 0 spiro atoms. The van der Waals surface area contributed by atoms with Crippen LogP contribution >= 0.6 is 23.1 Å². The van der Waals surface area contributed by atoms with Crippen LogP contribution in [0.5, 0.6) is 0 Å². The van der Waals surface area contributed by atoms with Crippen molar-refractivity contribution in [1.29, 1.82) is 0 Å². The Hall–Kier alpha value is -0.790. The van der Waals surface area contributed by atoms with Crippen LogP contribution in [0.2, 0.25) is 0 Å². The summed E-state index contributed by atoms with van der Waals surface area (Å²) < 4.78 is 0. The molecular formula is C15H26N4OS2. The highest BCUT2D eigenvalue weighted by atomic mass is 32.2. The van der Waals surface area contributed by atoms with Gasteiger partial charge < -0.3 is 15.7 Å². The molecular weight excluding hydrogens is 316 g/mol. The Morgan fingerprint density at radius 2 is 2.23 bits per heavy atom. The highest BCUT2D eigenvalue weighted by Gasteiger charge is 2.31. The summed E-state index contributed by atoms with van der Waals surface area (Å²) in [5, 5.41) is 18.1. The first-order valence-corrected chi connectivity index (χ1v) is 9.75. The van der Waals surface area contributed by atoms with Gasteiger partial charge in [0.1, 0.15) is 0 Å². The van der Waals surface area contributed by atoms with E-state index in [2.05, 4.69) is 34.5 Å². The van der Waals surface area contributed by atoms with E-state index in [1.165, 1.54) is 4.88 Å². The van der Waals surface area contributed by atoms with Crippen LogP contribution in [0.25, 0.3) is 0 Å². The summed E-state index contributed by atoms with van der Waals surface area (Å²) in [5.74, 6) is 2.59. The lowest BCUT2D eigenvalue weighted by molar-refractivity contribution is 0.0778. The zero-order valence-corrected chi connectivity index (χ0v) is 15.2. The van der Waals surface area contributed by atoms with E-state index in [-0.39, 0.29) is 0 Å². The zero-order valence-electron chi connectivity index (χ0n) is 13.6. The van der Waals surface area contributed by atoms with Gasteiger partial charge in [-0.15, -0.1) is 11.3 Å². The first-order valence-electron chi connectivity index (χ1n) is 7.77. The van der Waals surface area contributed by atoms with E-state index in [1.807, 2.05) is 6.92 Å². The number of aliphatic imine (C=N–C) groups is 1. The summed E-state index contributed by atoms with van der Waals surface area (Å²) in [5.41, 5.74) is 0.498. The van der Waals surface area contributed by atoms with Gasteiger partial charge in [-0.05, 0) is 32.9 Å². The molecule has 1 unspecified atom stereocenters. The van der Waals surface area contributed by atoms with Gasteiger partial charge in [0.2, 0.25) is 0 Å². The summed E-state index contributed by atoms with van der Waals surface area (Å²) in [4.78, 5) is 10.4. The van der Waals surface area contributed by atoms with Crippen molar-refractivity contribution >= 4 is 29.1 Å². The molecule has 3 N–H and O–H groups in total. The molecule has 1 aromatic heterocycles. The number of thiazole rings is 1. The Balaban J connectivity index is 1.82. The molecule has 1 fully saturated rings. The van der Waals surface area contributed by atoms with Crippen molar-refractivity contribution in [1.82, 2.24) is 15.6 Å². The molecule has 0 aliphatic carbocycles. The first kappa shape index (κ1) is 17.6. The predicted molar refractivity (Wildman–Crippen MR) is 96.2 cm³/mol. The van der Waals surface area contributed by atoms with E-state index < -0.39 is 5.60 Å². The van der Waals surface area contributed by atoms with Gasteiger partial charge in [0.05, 0.1) is 22.8 Å². The van der Waals surface area contributed by atoms with E-state index in [9.17, 15) is 5.11 Å². The Bertz CT molecular complexity index is 490. The maximum atomic E-state index is 10.4. The predicted octanol–water partition coefficient (Wildman–Crippen LogP) is 1.73. The van der Waals surface area contributed by atoms with E-state index >= 15 is 0 Å². The number of thioether (sulfide) groups is 1. The minimum absolute atomic E-state index is 0.463. The number of aliphatic hydroxyl groups is 1. The van der Waals surface area contributed by atoms with E-state index in [4.69, 9.17) is 0 Å².